The fraction of sp³-hybridized carbons (Fsp3) is 0.0667. The highest BCUT2D eigenvalue weighted by atomic mass is 35.5. The Morgan fingerprint density at radius 1 is 1.30 bits per heavy atom. The van der Waals surface area contributed by atoms with E-state index in [1.54, 1.807) is 24.5 Å². The van der Waals surface area contributed by atoms with Crippen LogP contribution < -0.4 is 5.32 Å². The van der Waals surface area contributed by atoms with Gasteiger partial charge in [0.15, 0.2) is 0 Å². The molecule has 0 spiro atoms. The van der Waals surface area contributed by atoms with E-state index in [1.165, 1.54) is 0 Å². The van der Waals surface area contributed by atoms with Gasteiger partial charge in [-0.2, -0.15) is 0 Å². The van der Waals surface area contributed by atoms with Gasteiger partial charge in [0, 0.05) is 29.2 Å². The average Bonchev–Trinajstić information content (AvgIpc) is 2.77. The number of hydrogen-bond donors (Lipinski definition) is 1. The van der Waals surface area contributed by atoms with Crippen LogP contribution in [-0.2, 0) is 7.05 Å². The van der Waals surface area contributed by atoms with Gasteiger partial charge in [-0.05, 0) is 30.3 Å². The molecular weight excluding hydrogens is 274 g/mol. The minimum atomic E-state index is -0.173. The Morgan fingerprint density at radius 3 is 2.90 bits per heavy atom. The molecule has 100 valence electrons. The molecule has 20 heavy (non-hydrogen) atoms. The zero-order valence-electron chi connectivity index (χ0n) is 10.8. The maximum atomic E-state index is 12.3. The monoisotopic (exact) mass is 285 g/mol. The molecular formula is C15H12ClN3O. The molecule has 0 saturated carbocycles. The van der Waals surface area contributed by atoms with Crippen molar-refractivity contribution in [1.29, 1.82) is 0 Å². The lowest BCUT2D eigenvalue weighted by Crippen LogP contribution is -2.15. The van der Waals surface area contributed by atoms with Crippen molar-refractivity contribution in [3.05, 3.63) is 59.5 Å². The molecule has 0 radical (unpaired) electrons. The van der Waals surface area contributed by atoms with E-state index in [0.717, 1.165) is 10.9 Å². The van der Waals surface area contributed by atoms with Crippen molar-refractivity contribution < 1.29 is 4.79 Å². The van der Waals surface area contributed by atoms with Crippen LogP contribution in [0.15, 0.2) is 48.8 Å². The van der Waals surface area contributed by atoms with Crippen molar-refractivity contribution in [3.63, 3.8) is 0 Å². The first-order valence-electron chi connectivity index (χ1n) is 6.11. The highest BCUT2D eigenvalue weighted by Gasteiger charge is 2.13. The number of rotatable bonds is 2. The van der Waals surface area contributed by atoms with Crippen molar-refractivity contribution in [2.45, 2.75) is 0 Å². The number of halogens is 1. The zero-order valence-corrected chi connectivity index (χ0v) is 11.6. The predicted octanol–water partition coefficient (Wildman–Crippen LogP) is 3.48. The van der Waals surface area contributed by atoms with Gasteiger partial charge in [0.1, 0.15) is 5.69 Å². The van der Waals surface area contributed by atoms with Crippen molar-refractivity contribution in [1.82, 2.24) is 9.55 Å². The third-order valence-electron chi connectivity index (χ3n) is 3.16. The van der Waals surface area contributed by atoms with Gasteiger partial charge in [-0.1, -0.05) is 17.7 Å². The molecule has 0 unspecified atom stereocenters. The number of hydrogen-bond acceptors (Lipinski definition) is 2. The second-order valence-electron chi connectivity index (χ2n) is 4.49. The van der Waals surface area contributed by atoms with Gasteiger partial charge in [0.05, 0.1) is 11.9 Å². The minimum Gasteiger partial charge on any atom is -0.340 e. The Kier molecular flexibility index (Phi) is 3.16. The summed E-state index contributed by atoms with van der Waals surface area (Å²) in [5.41, 5.74) is 2.17. The number of aromatic nitrogens is 2. The summed E-state index contributed by atoms with van der Waals surface area (Å²) >= 11 is 5.99. The van der Waals surface area contributed by atoms with E-state index in [1.807, 2.05) is 35.9 Å². The molecule has 0 fully saturated rings. The van der Waals surface area contributed by atoms with Gasteiger partial charge < -0.3 is 9.88 Å². The fourth-order valence-electron chi connectivity index (χ4n) is 2.15. The molecule has 0 saturated heterocycles. The number of amides is 1. The second-order valence-corrected chi connectivity index (χ2v) is 4.92. The van der Waals surface area contributed by atoms with Gasteiger partial charge in [-0.25, -0.2) is 0 Å². The summed E-state index contributed by atoms with van der Waals surface area (Å²) in [5, 5.41) is 4.45. The van der Waals surface area contributed by atoms with Gasteiger partial charge >= 0.3 is 0 Å². The first-order valence-corrected chi connectivity index (χ1v) is 6.49. The van der Waals surface area contributed by atoms with Crippen molar-refractivity contribution in [2.24, 2.45) is 7.05 Å². The largest absolute Gasteiger partial charge is 0.340 e. The fourth-order valence-corrected chi connectivity index (χ4v) is 2.32. The summed E-state index contributed by atoms with van der Waals surface area (Å²) in [6, 6.07) is 11.0. The molecule has 0 aliphatic carbocycles. The second kappa shape index (κ2) is 4.98. The molecule has 1 N–H and O–H groups in total. The summed E-state index contributed by atoms with van der Waals surface area (Å²) in [6.45, 7) is 0. The highest BCUT2D eigenvalue weighted by Crippen LogP contribution is 2.23. The smallest absolute Gasteiger partial charge is 0.272 e. The number of benzene rings is 1. The quantitative estimate of drug-likeness (QED) is 0.783. The van der Waals surface area contributed by atoms with Crippen LogP contribution in [0.3, 0.4) is 0 Å². The molecule has 4 nitrogen and oxygen atoms in total. The van der Waals surface area contributed by atoms with Crippen LogP contribution in [0.1, 0.15) is 10.5 Å². The molecule has 0 atom stereocenters. The standard InChI is InChI=1S/C15H12ClN3O/c1-19-13-8-11(16)5-4-10(13)7-14(19)15(20)18-12-3-2-6-17-9-12/h2-9H,1H3,(H,18,20). The SMILES string of the molecule is Cn1c(C(=O)Nc2cccnc2)cc2ccc(Cl)cc21. The lowest BCUT2D eigenvalue weighted by molar-refractivity contribution is 0.101. The van der Waals surface area contributed by atoms with E-state index in [2.05, 4.69) is 10.3 Å². The third kappa shape index (κ3) is 2.26. The Balaban J connectivity index is 1.98. The Bertz CT molecular complexity index is 780. The summed E-state index contributed by atoms with van der Waals surface area (Å²) in [4.78, 5) is 16.3. The number of nitrogens with one attached hydrogen (secondary N) is 1. The number of fused-ring (bicyclic) bond motifs is 1. The van der Waals surface area contributed by atoms with Crippen molar-refractivity contribution in [3.8, 4) is 0 Å². The number of carbonyl (C=O) groups excluding carboxylic acids is 1. The third-order valence-corrected chi connectivity index (χ3v) is 3.39. The van der Waals surface area contributed by atoms with E-state index in [4.69, 9.17) is 11.6 Å². The Morgan fingerprint density at radius 2 is 2.15 bits per heavy atom. The van der Waals surface area contributed by atoms with E-state index in [9.17, 15) is 4.79 Å². The van der Waals surface area contributed by atoms with Gasteiger partial charge in [-0.3, -0.25) is 9.78 Å². The summed E-state index contributed by atoms with van der Waals surface area (Å²) in [5.74, 6) is -0.173. The maximum Gasteiger partial charge on any atom is 0.272 e. The molecule has 5 heteroatoms. The molecule has 0 aliphatic heterocycles. The average molecular weight is 286 g/mol. The van der Waals surface area contributed by atoms with Gasteiger partial charge in [-0.15, -0.1) is 0 Å². The topological polar surface area (TPSA) is 46.9 Å². The van der Waals surface area contributed by atoms with Crippen molar-refractivity contribution >= 4 is 34.1 Å². The maximum absolute atomic E-state index is 12.3. The number of anilines is 1. The number of carbonyl (C=O) groups is 1. The van der Waals surface area contributed by atoms with Crippen molar-refractivity contribution in [2.75, 3.05) is 5.32 Å². The molecule has 2 heterocycles. The van der Waals surface area contributed by atoms with Crippen LogP contribution in [0.2, 0.25) is 5.02 Å². The number of aryl methyl sites for hydroxylation is 1. The van der Waals surface area contributed by atoms with Crippen LogP contribution in [0, 0.1) is 0 Å². The molecule has 0 aliphatic rings. The highest BCUT2D eigenvalue weighted by molar-refractivity contribution is 6.31. The van der Waals surface area contributed by atoms with Crippen LogP contribution >= 0.6 is 11.6 Å². The van der Waals surface area contributed by atoms with E-state index in [0.29, 0.717) is 16.4 Å². The summed E-state index contributed by atoms with van der Waals surface area (Å²) < 4.78 is 1.83. The first kappa shape index (κ1) is 12.7. The van der Waals surface area contributed by atoms with E-state index >= 15 is 0 Å². The minimum absolute atomic E-state index is 0.173. The molecule has 3 aromatic rings. The predicted molar refractivity (Wildman–Crippen MR) is 80.1 cm³/mol. The lowest BCUT2D eigenvalue weighted by atomic mass is 10.2. The van der Waals surface area contributed by atoms with E-state index < -0.39 is 0 Å². The lowest BCUT2D eigenvalue weighted by Gasteiger charge is -2.06. The Hall–Kier alpha value is -2.33. The van der Waals surface area contributed by atoms with Crippen LogP contribution in [0.5, 0.6) is 0 Å². The number of nitrogens with zero attached hydrogens (tertiary/aromatic N) is 2. The summed E-state index contributed by atoms with van der Waals surface area (Å²) in [6.07, 6.45) is 3.27. The van der Waals surface area contributed by atoms with Crippen LogP contribution in [-0.4, -0.2) is 15.5 Å². The molecule has 0 bridgehead atoms. The Labute approximate surface area is 121 Å². The van der Waals surface area contributed by atoms with Gasteiger partial charge in [0.25, 0.3) is 5.91 Å². The molecule has 2 aromatic heterocycles. The van der Waals surface area contributed by atoms with Gasteiger partial charge in [0.2, 0.25) is 0 Å². The number of pyridine rings is 1. The van der Waals surface area contributed by atoms with E-state index in [-0.39, 0.29) is 5.91 Å². The summed E-state index contributed by atoms with van der Waals surface area (Å²) in [7, 11) is 1.84. The van der Waals surface area contributed by atoms with Crippen LogP contribution in [0.25, 0.3) is 10.9 Å². The molecule has 1 aromatic carbocycles. The normalized spacial score (nSPS) is 10.7. The first-order chi connectivity index (χ1) is 9.65. The molecule has 3 rings (SSSR count). The molecule has 1 amide bonds. The van der Waals surface area contributed by atoms with Crippen LogP contribution in [0.4, 0.5) is 5.69 Å². The zero-order chi connectivity index (χ0) is 14.1.